The fourth-order valence-corrected chi connectivity index (χ4v) is 3.49. The van der Waals surface area contributed by atoms with Gasteiger partial charge >= 0.3 is 0 Å². The molecule has 124 valence electrons. The van der Waals surface area contributed by atoms with Crippen LogP contribution in [0.5, 0.6) is 0 Å². The van der Waals surface area contributed by atoms with E-state index in [0.717, 1.165) is 49.3 Å². The van der Waals surface area contributed by atoms with Crippen LogP contribution in [0.1, 0.15) is 41.7 Å². The van der Waals surface area contributed by atoms with E-state index in [4.69, 9.17) is 0 Å². The minimum Gasteiger partial charge on any atom is -0.312 e. The zero-order valence-electron chi connectivity index (χ0n) is 13.5. The molecular formula is C18H20N4O2. The van der Waals surface area contributed by atoms with Crippen LogP contribution >= 0.6 is 0 Å². The second kappa shape index (κ2) is 6.11. The standard InChI is InChI=1S/C18H20N4O2/c23-17-5-1-2-10-21(17)14-8-6-13(7-9-14)18(24)22-11-3-4-15-16(22)12-19-20-15/h6-9,12H,1-5,10-11H2,(H,19,20). The summed E-state index contributed by atoms with van der Waals surface area (Å²) in [5.41, 5.74) is 3.41. The summed E-state index contributed by atoms with van der Waals surface area (Å²) in [6.07, 6.45) is 6.18. The highest BCUT2D eigenvalue weighted by molar-refractivity contribution is 6.07. The highest BCUT2D eigenvalue weighted by Crippen LogP contribution is 2.27. The predicted molar refractivity (Wildman–Crippen MR) is 91.2 cm³/mol. The van der Waals surface area contributed by atoms with Crippen molar-refractivity contribution in [3.05, 3.63) is 41.7 Å². The third-order valence-corrected chi connectivity index (χ3v) is 4.79. The normalized spacial score (nSPS) is 17.8. The Morgan fingerprint density at radius 2 is 1.88 bits per heavy atom. The van der Waals surface area contributed by atoms with Gasteiger partial charge < -0.3 is 9.80 Å². The van der Waals surface area contributed by atoms with Crippen molar-refractivity contribution >= 4 is 23.2 Å². The molecule has 2 aliphatic rings. The molecule has 6 nitrogen and oxygen atoms in total. The fourth-order valence-electron chi connectivity index (χ4n) is 3.49. The molecule has 2 amide bonds. The minimum absolute atomic E-state index is 0.0196. The molecular weight excluding hydrogens is 304 g/mol. The number of rotatable bonds is 2. The van der Waals surface area contributed by atoms with Gasteiger partial charge in [-0.25, -0.2) is 0 Å². The number of anilines is 2. The van der Waals surface area contributed by atoms with Gasteiger partial charge in [0, 0.05) is 30.8 Å². The zero-order valence-corrected chi connectivity index (χ0v) is 13.5. The minimum atomic E-state index is -0.0196. The average molecular weight is 324 g/mol. The van der Waals surface area contributed by atoms with Crippen molar-refractivity contribution in [2.75, 3.05) is 22.9 Å². The quantitative estimate of drug-likeness (QED) is 0.923. The van der Waals surface area contributed by atoms with E-state index in [1.165, 1.54) is 0 Å². The van der Waals surface area contributed by atoms with Crippen LogP contribution in [0, 0.1) is 0 Å². The predicted octanol–water partition coefficient (Wildman–Crippen LogP) is 2.52. The van der Waals surface area contributed by atoms with E-state index in [1.807, 2.05) is 29.2 Å². The van der Waals surface area contributed by atoms with Crippen molar-refractivity contribution < 1.29 is 9.59 Å². The molecule has 2 aliphatic heterocycles. The molecule has 0 saturated carbocycles. The molecule has 1 saturated heterocycles. The number of hydrogen-bond acceptors (Lipinski definition) is 3. The second-order valence-corrected chi connectivity index (χ2v) is 6.34. The van der Waals surface area contributed by atoms with Gasteiger partial charge in [0.15, 0.2) is 0 Å². The van der Waals surface area contributed by atoms with Gasteiger partial charge in [-0.15, -0.1) is 0 Å². The molecule has 0 bridgehead atoms. The topological polar surface area (TPSA) is 69.3 Å². The van der Waals surface area contributed by atoms with Gasteiger partial charge in [0.05, 0.1) is 17.6 Å². The van der Waals surface area contributed by atoms with Crippen molar-refractivity contribution in [1.82, 2.24) is 10.2 Å². The van der Waals surface area contributed by atoms with Crippen molar-refractivity contribution in [2.24, 2.45) is 0 Å². The number of piperidine rings is 1. The molecule has 24 heavy (non-hydrogen) atoms. The number of aromatic amines is 1. The largest absolute Gasteiger partial charge is 0.312 e. The van der Waals surface area contributed by atoms with Crippen LogP contribution < -0.4 is 9.80 Å². The third-order valence-electron chi connectivity index (χ3n) is 4.79. The number of carbonyl (C=O) groups is 2. The van der Waals surface area contributed by atoms with E-state index < -0.39 is 0 Å². The summed E-state index contributed by atoms with van der Waals surface area (Å²) in [6, 6.07) is 7.37. The van der Waals surface area contributed by atoms with Gasteiger partial charge in [0.25, 0.3) is 5.91 Å². The van der Waals surface area contributed by atoms with E-state index in [9.17, 15) is 9.59 Å². The molecule has 1 N–H and O–H groups in total. The lowest BCUT2D eigenvalue weighted by Gasteiger charge is -2.28. The Morgan fingerprint density at radius 1 is 1.04 bits per heavy atom. The molecule has 0 aliphatic carbocycles. The molecule has 1 aromatic heterocycles. The highest BCUT2D eigenvalue weighted by Gasteiger charge is 2.25. The van der Waals surface area contributed by atoms with Crippen LogP contribution in [0.25, 0.3) is 0 Å². The number of H-pyrrole nitrogens is 1. The Kier molecular flexibility index (Phi) is 3.80. The molecule has 1 aromatic carbocycles. The van der Waals surface area contributed by atoms with Crippen LogP contribution in [-0.4, -0.2) is 35.1 Å². The maximum absolute atomic E-state index is 12.8. The maximum atomic E-state index is 12.8. The number of benzene rings is 1. The van der Waals surface area contributed by atoms with Crippen molar-refractivity contribution in [2.45, 2.75) is 32.1 Å². The van der Waals surface area contributed by atoms with Crippen molar-refractivity contribution in [3.63, 3.8) is 0 Å². The maximum Gasteiger partial charge on any atom is 0.258 e. The summed E-state index contributed by atoms with van der Waals surface area (Å²) in [6.45, 7) is 1.47. The Labute approximate surface area is 140 Å². The van der Waals surface area contributed by atoms with E-state index in [1.54, 1.807) is 11.1 Å². The first kappa shape index (κ1) is 14.9. The lowest BCUT2D eigenvalue weighted by atomic mass is 10.1. The van der Waals surface area contributed by atoms with Crippen molar-refractivity contribution in [3.8, 4) is 0 Å². The van der Waals surface area contributed by atoms with Crippen LogP contribution in [0.3, 0.4) is 0 Å². The number of nitrogens with zero attached hydrogens (tertiary/aromatic N) is 3. The molecule has 0 unspecified atom stereocenters. The first-order chi connectivity index (χ1) is 11.7. The Bertz CT molecular complexity index is 766. The van der Waals surface area contributed by atoms with Gasteiger partial charge in [-0.1, -0.05) is 0 Å². The number of aromatic nitrogens is 2. The smallest absolute Gasteiger partial charge is 0.258 e. The van der Waals surface area contributed by atoms with Crippen LogP contribution in [-0.2, 0) is 11.2 Å². The average Bonchev–Trinajstić information content (AvgIpc) is 3.10. The number of hydrogen-bond donors (Lipinski definition) is 1. The lowest BCUT2D eigenvalue weighted by molar-refractivity contribution is -0.119. The lowest BCUT2D eigenvalue weighted by Crippen LogP contribution is -2.36. The highest BCUT2D eigenvalue weighted by atomic mass is 16.2. The van der Waals surface area contributed by atoms with Gasteiger partial charge in [-0.3, -0.25) is 14.7 Å². The summed E-state index contributed by atoms with van der Waals surface area (Å²) in [5.74, 6) is 0.147. The Balaban J connectivity index is 1.55. The first-order valence-corrected chi connectivity index (χ1v) is 8.48. The van der Waals surface area contributed by atoms with Gasteiger partial charge in [0.1, 0.15) is 0 Å². The molecule has 0 radical (unpaired) electrons. The molecule has 2 aromatic rings. The Morgan fingerprint density at radius 3 is 2.67 bits per heavy atom. The summed E-state index contributed by atoms with van der Waals surface area (Å²) < 4.78 is 0. The molecule has 1 fully saturated rings. The van der Waals surface area contributed by atoms with E-state index >= 15 is 0 Å². The van der Waals surface area contributed by atoms with Crippen LogP contribution in [0.2, 0.25) is 0 Å². The monoisotopic (exact) mass is 324 g/mol. The fraction of sp³-hybridized carbons (Fsp3) is 0.389. The van der Waals surface area contributed by atoms with Crippen LogP contribution in [0.15, 0.2) is 30.5 Å². The zero-order chi connectivity index (χ0) is 16.5. The van der Waals surface area contributed by atoms with E-state index in [-0.39, 0.29) is 11.8 Å². The summed E-state index contributed by atoms with van der Waals surface area (Å²) in [4.78, 5) is 28.4. The van der Waals surface area contributed by atoms with E-state index in [2.05, 4.69) is 10.2 Å². The number of nitrogens with one attached hydrogen (secondary N) is 1. The van der Waals surface area contributed by atoms with Gasteiger partial charge in [-0.2, -0.15) is 5.10 Å². The van der Waals surface area contributed by atoms with Gasteiger partial charge in [0.2, 0.25) is 5.91 Å². The summed E-state index contributed by atoms with van der Waals surface area (Å²) >= 11 is 0. The summed E-state index contributed by atoms with van der Waals surface area (Å²) in [7, 11) is 0. The SMILES string of the molecule is O=C1CCCCN1c1ccc(C(=O)N2CCCc3[nH]ncc32)cc1. The number of fused-ring (bicyclic) bond motifs is 1. The number of amides is 2. The second-order valence-electron chi connectivity index (χ2n) is 6.34. The van der Waals surface area contributed by atoms with Crippen LogP contribution in [0.4, 0.5) is 11.4 Å². The van der Waals surface area contributed by atoms with Gasteiger partial charge in [-0.05, 0) is 49.9 Å². The molecule has 0 spiro atoms. The van der Waals surface area contributed by atoms with Crippen molar-refractivity contribution in [1.29, 1.82) is 0 Å². The molecule has 0 atom stereocenters. The molecule has 3 heterocycles. The third kappa shape index (κ3) is 2.58. The molecule has 4 rings (SSSR count). The Hall–Kier alpha value is -2.63. The summed E-state index contributed by atoms with van der Waals surface area (Å²) in [5, 5.41) is 7.01. The van der Waals surface area contributed by atoms with E-state index in [0.29, 0.717) is 18.5 Å². The first-order valence-electron chi connectivity index (χ1n) is 8.48. The number of aryl methyl sites for hydroxylation is 1. The number of carbonyl (C=O) groups excluding carboxylic acids is 2. The molecule has 6 heteroatoms.